The van der Waals surface area contributed by atoms with E-state index in [4.69, 9.17) is 0 Å². The van der Waals surface area contributed by atoms with Gasteiger partial charge in [0.25, 0.3) is 0 Å². The zero-order chi connectivity index (χ0) is 14.8. The Morgan fingerprint density at radius 2 is 1.73 bits per heavy atom. The minimum Gasteiger partial charge on any atom is -0.226 e. The highest BCUT2D eigenvalue weighted by Crippen LogP contribution is 2.39. The molecule has 0 radical (unpaired) electrons. The normalized spacial score (nSPS) is 12.5. The highest BCUT2D eigenvalue weighted by molar-refractivity contribution is 7.99. The number of benzene rings is 2. The number of nitrogens with zero attached hydrogens (tertiary/aromatic N) is 3. The lowest BCUT2D eigenvalue weighted by Gasteiger charge is -2.16. The first-order valence-electron chi connectivity index (χ1n) is 6.97. The highest BCUT2D eigenvalue weighted by Gasteiger charge is 2.20. The molecule has 4 aromatic rings. The van der Waals surface area contributed by atoms with Gasteiger partial charge in [0.1, 0.15) is 10.9 Å². The van der Waals surface area contributed by atoms with E-state index in [1.807, 2.05) is 28.9 Å². The average Bonchev–Trinajstić information content (AvgIpc) is 3.24. The Morgan fingerprint density at radius 1 is 0.909 bits per heavy atom. The number of hydrogen-bond acceptors (Lipinski definition) is 4. The summed E-state index contributed by atoms with van der Waals surface area (Å²) in [6.07, 6.45) is 0. The van der Waals surface area contributed by atoms with Gasteiger partial charge >= 0.3 is 0 Å². The molecule has 0 bridgehead atoms. The number of aromatic nitrogens is 3. The summed E-state index contributed by atoms with van der Waals surface area (Å²) in [5.41, 5.74) is 1.99. The Labute approximate surface area is 136 Å². The Balaban J connectivity index is 1.81. The van der Waals surface area contributed by atoms with Crippen molar-refractivity contribution in [1.29, 1.82) is 0 Å². The molecule has 0 saturated heterocycles. The zero-order valence-electron chi connectivity index (χ0n) is 11.7. The number of hydrogen-bond donors (Lipinski definition) is 0. The molecule has 0 saturated carbocycles. The molecule has 4 rings (SSSR count). The van der Waals surface area contributed by atoms with Crippen LogP contribution < -0.4 is 0 Å². The van der Waals surface area contributed by atoms with Crippen molar-refractivity contribution in [1.82, 2.24) is 15.0 Å². The van der Waals surface area contributed by atoms with Gasteiger partial charge in [0.05, 0.1) is 5.52 Å². The third-order valence-electron chi connectivity index (χ3n) is 3.38. The van der Waals surface area contributed by atoms with Gasteiger partial charge < -0.3 is 0 Å². The van der Waals surface area contributed by atoms with Gasteiger partial charge in [0, 0.05) is 9.77 Å². The number of para-hydroxylation sites is 1. The minimum atomic E-state index is 0.0924. The summed E-state index contributed by atoms with van der Waals surface area (Å²) in [5, 5.41) is 10.9. The van der Waals surface area contributed by atoms with Crippen LogP contribution in [0.15, 0.2) is 77.0 Å². The lowest BCUT2D eigenvalue weighted by atomic mass is 10.3. The lowest BCUT2D eigenvalue weighted by molar-refractivity contribution is 0.662. The highest BCUT2D eigenvalue weighted by atomic mass is 32.2. The fourth-order valence-electron chi connectivity index (χ4n) is 2.35. The third-order valence-corrected chi connectivity index (χ3v) is 5.67. The van der Waals surface area contributed by atoms with Crippen LogP contribution >= 0.6 is 23.1 Å². The molecule has 0 aliphatic heterocycles. The van der Waals surface area contributed by atoms with Gasteiger partial charge in [-0.15, -0.1) is 16.4 Å². The first-order valence-corrected chi connectivity index (χ1v) is 8.73. The Kier molecular flexibility index (Phi) is 3.66. The molecule has 0 aliphatic carbocycles. The minimum absolute atomic E-state index is 0.0924. The van der Waals surface area contributed by atoms with Gasteiger partial charge in [-0.3, -0.25) is 0 Å². The first kappa shape index (κ1) is 13.5. The predicted octanol–water partition coefficient (Wildman–Crippen LogP) is 4.83. The van der Waals surface area contributed by atoms with Crippen molar-refractivity contribution >= 4 is 34.1 Å². The average molecular weight is 323 g/mol. The molecule has 2 heterocycles. The molecular formula is C17H13N3S2. The van der Waals surface area contributed by atoms with Crippen LogP contribution in [-0.2, 0) is 0 Å². The van der Waals surface area contributed by atoms with Crippen molar-refractivity contribution in [3.8, 4) is 0 Å². The van der Waals surface area contributed by atoms with Crippen LogP contribution in [0.25, 0.3) is 11.0 Å². The molecule has 22 heavy (non-hydrogen) atoms. The smallest absolute Gasteiger partial charge is 0.138 e. The summed E-state index contributed by atoms with van der Waals surface area (Å²) in [6, 6.07) is 22.7. The van der Waals surface area contributed by atoms with E-state index in [1.54, 1.807) is 23.1 Å². The van der Waals surface area contributed by atoms with Crippen molar-refractivity contribution in [2.75, 3.05) is 0 Å². The number of thioether (sulfide) groups is 1. The maximum absolute atomic E-state index is 4.40. The molecule has 1 unspecified atom stereocenters. The summed E-state index contributed by atoms with van der Waals surface area (Å²) in [4.78, 5) is 2.49. The Morgan fingerprint density at radius 3 is 2.55 bits per heavy atom. The molecule has 0 fully saturated rings. The molecule has 0 N–H and O–H groups in total. The van der Waals surface area contributed by atoms with E-state index in [0.717, 1.165) is 11.0 Å². The summed E-state index contributed by atoms with van der Waals surface area (Å²) < 4.78 is 2.01. The van der Waals surface area contributed by atoms with Crippen LogP contribution in [0.1, 0.15) is 10.3 Å². The molecule has 2 aromatic carbocycles. The molecule has 108 valence electrons. The lowest BCUT2D eigenvalue weighted by Crippen LogP contribution is -2.07. The van der Waals surface area contributed by atoms with Gasteiger partial charge in [0.15, 0.2) is 0 Å². The Bertz CT molecular complexity index is 869. The van der Waals surface area contributed by atoms with Crippen LogP contribution in [0.2, 0.25) is 0 Å². The van der Waals surface area contributed by atoms with Crippen LogP contribution in [0.4, 0.5) is 0 Å². The van der Waals surface area contributed by atoms with Gasteiger partial charge in [-0.25, -0.2) is 4.68 Å². The van der Waals surface area contributed by atoms with Crippen molar-refractivity contribution in [3.05, 3.63) is 77.0 Å². The van der Waals surface area contributed by atoms with Gasteiger partial charge in [-0.2, -0.15) is 0 Å². The molecule has 5 heteroatoms. The van der Waals surface area contributed by atoms with E-state index in [2.05, 4.69) is 58.2 Å². The van der Waals surface area contributed by atoms with E-state index >= 15 is 0 Å². The van der Waals surface area contributed by atoms with E-state index in [-0.39, 0.29) is 5.37 Å². The van der Waals surface area contributed by atoms with E-state index in [9.17, 15) is 0 Å². The summed E-state index contributed by atoms with van der Waals surface area (Å²) in [6.45, 7) is 0. The molecule has 0 aliphatic rings. The topological polar surface area (TPSA) is 30.7 Å². The fraction of sp³-hybridized carbons (Fsp3) is 0.0588. The third kappa shape index (κ3) is 2.53. The van der Waals surface area contributed by atoms with Gasteiger partial charge in [0.2, 0.25) is 0 Å². The van der Waals surface area contributed by atoms with Crippen LogP contribution in [-0.4, -0.2) is 15.0 Å². The molecule has 2 aromatic heterocycles. The second kappa shape index (κ2) is 5.94. The zero-order valence-corrected chi connectivity index (χ0v) is 13.3. The quantitative estimate of drug-likeness (QED) is 0.504. The standard InChI is InChI=1S/C17H13N3S2/c1-2-7-13(8-3-1)22-17(16-11-6-12-21-16)20-15-10-5-4-9-14(15)18-19-20/h1-12,17H. The van der Waals surface area contributed by atoms with Crippen LogP contribution in [0.5, 0.6) is 0 Å². The predicted molar refractivity (Wildman–Crippen MR) is 92.3 cm³/mol. The fourth-order valence-corrected chi connectivity index (χ4v) is 4.37. The molecule has 1 atom stereocenters. The maximum atomic E-state index is 4.40. The molecule has 3 nitrogen and oxygen atoms in total. The van der Waals surface area contributed by atoms with Crippen molar-refractivity contribution in [2.45, 2.75) is 10.3 Å². The number of fused-ring (bicyclic) bond motifs is 1. The first-order chi connectivity index (χ1) is 10.9. The monoisotopic (exact) mass is 323 g/mol. The van der Waals surface area contributed by atoms with E-state index in [1.165, 1.54) is 9.77 Å². The van der Waals surface area contributed by atoms with E-state index < -0.39 is 0 Å². The summed E-state index contributed by atoms with van der Waals surface area (Å²) in [5.74, 6) is 0. The van der Waals surface area contributed by atoms with Crippen LogP contribution in [0, 0.1) is 0 Å². The number of thiophene rings is 1. The van der Waals surface area contributed by atoms with Gasteiger partial charge in [-0.1, -0.05) is 53.4 Å². The van der Waals surface area contributed by atoms with Crippen molar-refractivity contribution in [3.63, 3.8) is 0 Å². The summed E-state index contributed by atoms with van der Waals surface area (Å²) >= 11 is 3.54. The van der Waals surface area contributed by atoms with Crippen LogP contribution in [0.3, 0.4) is 0 Å². The molecular weight excluding hydrogens is 310 g/mol. The largest absolute Gasteiger partial charge is 0.226 e. The van der Waals surface area contributed by atoms with Crippen molar-refractivity contribution in [2.24, 2.45) is 0 Å². The van der Waals surface area contributed by atoms with Crippen molar-refractivity contribution < 1.29 is 0 Å². The van der Waals surface area contributed by atoms with E-state index in [0.29, 0.717) is 0 Å². The SMILES string of the molecule is c1ccc(SC(c2cccs2)n2nnc3ccccc32)cc1. The second-order valence-corrected chi connectivity index (χ2v) is 6.95. The second-order valence-electron chi connectivity index (χ2n) is 4.82. The number of rotatable bonds is 4. The van der Waals surface area contributed by atoms with Gasteiger partial charge in [-0.05, 0) is 35.7 Å². The maximum Gasteiger partial charge on any atom is 0.138 e. The molecule has 0 amide bonds. The Hall–Kier alpha value is -2.11. The molecule has 0 spiro atoms. The summed E-state index contributed by atoms with van der Waals surface area (Å²) in [7, 11) is 0.